The van der Waals surface area contributed by atoms with E-state index < -0.39 is 0 Å². The van der Waals surface area contributed by atoms with Crippen molar-refractivity contribution in [2.75, 3.05) is 12.4 Å². The lowest BCUT2D eigenvalue weighted by molar-refractivity contribution is 0.411. The molecular formula is C13H17N3OS. The number of aromatic nitrogens is 2. The van der Waals surface area contributed by atoms with Crippen LogP contribution in [0, 0.1) is 6.92 Å². The summed E-state index contributed by atoms with van der Waals surface area (Å²) < 4.78 is 5.02. The van der Waals surface area contributed by atoms with Gasteiger partial charge in [0.15, 0.2) is 5.75 Å². The van der Waals surface area contributed by atoms with Crippen LogP contribution in [0.2, 0.25) is 0 Å². The molecule has 0 aliphatic carbocycles. The molecule has 0 amide bonds. The van der Waals surface area contributed by atoms with E-state index in [1.165, 1.54) is 9.75 Å². The van der Waals surface area contributed by atoms with Crippen LogP contribution in [0.15, 0.2) is 24.5 Å². The highest BCUT2D eigenvalue weighted by Gasteiger charge is 2.07. The lowest BCUT2D eigenvalue weighted by Crippen LogP contribution is -2.19. The van der Waals surface area contributed by atoms with Gasteiger partial charge in [-0.1, -0.05) is 0 Å². The zero-order valence-corrected chi connectivity index (χ0v) is 11.6. The average Bonchev–Trinajstić information content (AvgIpc) is 2.75. The summed E-state index contributed by atoms with van der Waals surface area (Å²) in [6, 6.07) is 4.63. The summed E-state index contributed by atoms with van der Waals surface area (Å²) in [5, 5.41) is 3.28. The maximum absolute atomic E-state index is 5.02. The molecular weight excluding hydrogens is 246 g/mol. The zero-order chi connectivity index (χ0) is 13.0. The lowest BCUT2D eigenvalue weighted by Gasteiger charge is -2.12. The predicted octanol–water partition coefficient (Wildman–Crippen LogP) is 2.90. The molecule has 2 aromatic heterocycles. The molecule has 2 aromatic rings. The van der Waals surface area contributed by atoms with E-state index in [0.29, 0.717) is 17.7 Å². The number of ether oxygens (including phenoxy) is 1. The number of hydrogen-bond acceptors (Lipinski definition) is 5. The van der Waals surface area contributed by atoms with Crippen LogP contribution >= 0.6 is 11.3 Å². The third-order valence-corrected chi connectivity index (χ3v) is 3.57. The summed E-state index contributed by atoms with van der Waals surface area (Å²) in [5.41, 5.74) is 0. The number of nitrogens with zero attached hydrogens (tertiary/aromatic N) is 2. The molecule has 1 unspecified atom stereocenters. The van der Waals surface area contributed by atoms with Crippen molar-refractivity contribution < 1.29 is 4.74 Å². The minimum absolute atomic E-state index is 0.302. The van der Waals surface area contributed by atoms with Crippen molar-refractivity contribution in [3.63, 3.8) is 0 Å². The van der Waals surface area contributed by atoms with Crippen LogP contribution in [-0.2, 0) is 6.42 Å². The second-order valence-electron chi connectivity index (χ2n) is 4.21. The van der Waals surface area contributed by atoms with E-state index in [0.717, 1.165) is 6.42 Å². The van der Waals surface area contributed by atoms with E-state index in [9.17, 15) is 0 Å². The van der Waals surface area contributed by atoms with E-state index in [1.807, 2.05) is 11.3 Å². The average molecular weight is 263 g/mol. The molecule has 2 heterocycles. The standard InChI is InChI=1S/C13H17N3OS/c1-9(6-12-5-4-10(2)18-12)16-13-14-7-11(17-3)8-15-13/h4-5,7-9H,6H2,1-3H3,(H,14,15,16). The molecule has 0 aliphatic heterocycles. The van der Waals surface area contributed by atoms with Gasteiger partial charge in [0.05, 0.1) is 19.5 Å². The predicted molar refractivity (Wildman–Crippen MR) is 74.4 cm³/mol. The maximum Gasteiger partial charge on any atom is 0.223 e. The van der Waals surface area contributed by atoms with Crippen molar-refractivity contribution in [1.82, 2.24) is 9.97 Å². The minimum atomic E-state index is 0.302. The molecule has 0 aromatic carbocycles. The smallest absolute Gasteiger partial charge is 0.223 e. The van der Waals surface area contributed by atoms with Gasteiger partial charge in [-0.2, -0.15) is 0 Å². The fourth-order valence-corrected chi connectivity index (χ4v) is 2.68. The number of thiophene rings is 1. The third-order valence-electron chi connectivity index (χ3n) is 2.54. The molecule has 0 saturated carbocycles. The third kappa shape index (κ3) is 3.43. The molecule has 96 valence electrons. The summed E-state index contributed by atoms with van der Waals surface area (Å²) in [6.07, 6.45) is 4.31. The first-order valence-electron chi connectivity index (χ1n) is 5.85. The molecule has 2 rings (SSSR count). The van der Waals surface area contributed by atoms with Gasteiger partial charge in [-0.25, -0.2) is 9.97 Å². The van der Waals surface area contributed by atoms with Gasteiger partial charge in [-0.05, 0) is 26.0 Å². The van der Waals surface area contributed by atoms with Gasteiger partial charge in [0.1, 0.15) is 0 Å². The Kier molecular flexibility index (Phi) is 4.15. The van der Waals surface area contributed by atoms with Crippen LogP contribution < -0.4 is 10.1 Å². The number of methoxy groups -OCH3 is 1. The summed E-state index contributed by atoms with van der Waals surface area (Å²) in [7, 11) is 1.60. The van der Waals surface area contributed by atoms with Crippen molar-refractivity contribution in [1.29, 1.82) is 0 Å². The fraction of sp³-hybridized carbons (Fsp3) is 0.385. The monoisotopic (exact) mass is 263 g/mol. The highest BCUT2D eigenvalue weighted by molar-refractivity contribution is 7.11. The summed E-state index contributed by atoms with van der Waals surface area (Å²) >= 11 is 1.83. The Bertz CT molecular complexity index is 495. The van der Waals surface area contributed by atoms with Gasteiger partial charge in [-0.3, -0.25) is 0 Å². The van der Waals surface area contributed by atoms with Crippen molar-refractivity contribution in [3.8, 4) is 5.75 Å². The molecule has 0 aliphatic rings. The van der Waals surface area contributed by atoms with Gasteiger partial charge in [0, 0.05) is 22.2 Å². The fourth-order valence-electron chi connectivity index (χ4n) is 1.66. The van der Waals surface area contributed by atoms with Crippen LogP contribution in [0.3, 0.4) is 0 Å². The maximum atomic E-state index is 5.02. The highest BCUT2D eigenvalue weighted by Crippen LogP contribution is 2.17. The molecule has 0 fully saturated rings. The SMILES string of the molecule is COc1cnc(NC(C)Cc2ccc(C)s2)nc1. The first-order chi connectivity index (χ1) is 8.67. The molecule has 0 spiro atoms. The van der Waals surface area contributed by atoms with Crippen molar-refractivity contribution >= 4 is 17.3 Å². The largest absolute Gasteiger partial charge is 0.494 e. The summed E-state index contributed by atoms with van der Waals surface area (Å²) in [4.78, 5) is 11.1. The van der Waals surface area contributed by atoms with E-state index in [1.54, 1.807) is 19.5 Å². The van der Waals surface area contributed by atoms with Gasteiger partial charge < -0.3 is 10.1 Å². The molecule has 0 saturated heterocycles. The summed E-state index contributed by atoms with van der Waals surface area (Å²) in [5.74, 6) is 1.30. The summed E-state index contributed by atoms with van der Waals surface area (Å²) in [6.45, 7) is 4.25. The normalized spacial score (nSPS) is 12.2. The Morgan fingerprint density at radius 2 is 2.06 bits per heavy atom. The van der Waals surface area contributed by atoms with Crippen molar-refractivity contribution in [2.24, 2.45) is 0 Å². The van der Waals surface area contributed by atoms with Crippen LogP contribution in [0.4, 0.5) is 5.95 Å². The van der Waals surface area contributed by atoms with Crippen LogP contribution in [0.25, 0.3) is 0 Å². The number of hydrogen-bond donors (Lipinski definition) is 1. The first kappa shape index (κ1) is 12.8. The van der Waals surface area contributed by atoms with Gasteiger partial charge in [-0.15, -0.1) is 11.3 Å². The second kappa shape index (κ2) is 5.82. The van der Waals surface area contributed by atoms with Gasteiger partial charge in [0.25, 0.3) is 0 Å². The molecule has 0 radical (unpaired) electrons. The van der Waals surface area contributed by atoms with Crippen molar-refractivity contribution in [2.45, 2.75) is 26.3 Å². The Morgan fingerprint density at radius 1 is 1.33 bits per heavy atom. The quantitative estimate of drug-likeness (QED) is 0.901. The number of aryl methyl sites for hydroxylation is 1. The minimum Gasteiger partial charge on any atom is -0.494 e. The first-order valence-corrected chi connectivity index (χ1v) is 6.67. The molecule has 1 N–H and O–H groups in total. The molecule has 18 heavy (non-hydrogen) atoms. The number of anilines is 1. The number of nitrogens with one attached hydrogen (secondary N) is 1. The molecule has 1 atom stereocenters. The van der Waals surface area contributed by atoms with E-state index in [2.05, 4.69) is 41.3 Å². The number of rotatable bonds is 5. The Hall–Kier alpha value is -1.62. The van der Waals surface area contributed by atoms with Crippen LogP contribution in [0.1, 0.15) is 16.7 Å². The molecule has 5 heteroatoms. The zero-order valence-electron chi connectivity index (χ0n) is 10.8. The van der Waals surface area contributed by atoms with Gasteiger partial charge in [0.2, 0.25) is 5.95 Å². The highest BCUT2D eigenvalue weighted by atomic mass is 32.1. The molecule has 0 bridgehead atoms. The van der Waals surface area contributed by atoms with Crippen LogP contribution in [0.5, 0.6) is 5.75 Å². The van der Waals surface area contributed by atoms with E-state index in [-0.39, 0.29) is 0 Å². The van der Waals surface area contributed by atoms with Gasteiger partial charge >= 0.3 is 0 Å². The Morgan fingerprint density at radius 3 is 2.61 bits per heavy atom. The topological polar surface area (TPSA) is 47.0 Å². The second-order valence-corrected chi connectivity index (χ2v) is 5.58. The van der Waals surface area contributed by atoms with Crippen LogP contribution in [-0.4, -0.2) is 23.1 Å². The van der Waals surface area contributed by atoms with E-state index in [4.69, 9.17) is 4.74 Å². The molecule has 4 nitrogen and oxygen atoms in total. The Labute approximate surface area is 111 Å². The van der Waals surface area contributed by atoms with E-state index >= 15 is 0 Å². The lowest BCUT2D eigenvalue weighted by atomic mass is 10.2. The van der Waals surface area contributed by atoms with Crippen molar-refractivity contribution in [3.05, 3.63) is 34.3 Å². The Balaban J connectivity index is 1.91.